The van der Waals surface area contributed by atoms with Crippen molar-refractivity contribution in [3.05, 3.63) is 24.2 Å². The molecular weight excluding hydrogens is 318 g/mol. The van der Waals surface area contributed by atoms with Crippen LogP contribution in [0.25, 0.3) is 0 Å². The van der Waals surface area contributed by atoms with Gasteiger partial charge in [-0.2, -0.15) is 0 Å². The maximum atomic E-state index is 12.2. The first-order chi connectivity index (χ1) is 11.2. The zero-order valence-corrected chi connectivity index (χ0v) is 13.7. The van der Waals surface area contributed by atoms with Crippen molar-refractivity contribution in [2.75, 3.05) is 13.2 Å². The number of rotatable bonds is 7. The summed E-state index contributed by atoms with van der Waals surface area (Å²) in [6.45, 7) is 3.61. The van der Waals surface area contributed by atoms with Gasteiger partial charge in [-0.05, 0) is 42.3 Å². The molecule has 1 amide bonds. The second kappa shape index (κ2) is 7.60. The average Bonchev–Trinajstić information content (AvgIpc) is 3.28. The molecule has 0 aromatic carbocycles. The molecule has 8 nitrogen and oxygen atoms in total. The maximum Gasteiger partial charge on any atom is 0.233 e. The molecule has 3 heterocycles. The Labute approximate surface area is 137 Å². The van der Waals surface area contributed by atoms with Crippen LogP contribution in [0.3, 0.4) is 0 Å². The number of ether oxygens (including phenoxy) is 1. The third-order valence-electron chi connectivity index (χ3n) is 3.56. The normalized spacial score (nSPS) is 18.9. The molecule has 0 aliphatic carbocycles. The molecule has 0 saturated carbocycles. The van der Waals surface area contributed by atoms with Gasteiger partial charge >= 0.3 is 0 Å². The van der Waals surface area contributed by atoms with E-state index in [1.165, 1.54) is 11.8 Å². The topological polar surface area (TPSA) is 95.1 Å². The number of carbonyl (C=O) groups excluding carboxylic acids is 1. The SMILES string of the molecule is C[C@H](Sc1nnnn1Cc1ccco1)C(=O)NC[C@H]1CCCO1. The van der Waals surface area contributed by atoms with Crippen LogP contribution in [-0.2, 0) is 16.1 Å². The van der Waals surface area contributed by atoms with Gasteiger partial charge in [0.2, 0.25) is 11.1 Å². The molecule has 23 heavy (non-hydrogen) atoms. The van der Waals surface area contributed by atoms with Gasteiger partial charge in [-0.15, -0.1) is 5.10 Å². The molecule has 1 aliphatic rings. The summed E-state index contributed by atoms with van der Waals surface area (Å²) in [5.74, 6) is 0.715. The summed E-state index contributed by atoms with van der Waals surface area (Å²) in [4.78, 5) is 12.2. The minimum atomic E-state index is -0.294. The second-order valence-electron chi connectivity index (χ2n) is 5.34. The number of nitrogens with zero attached hydrogens (tertiary/aromatic N) is 4. The monoisotopic (exact) mass is 337 g/mol. The average molecular weight is 337 g/mol. The van der Waals surface area contributed by atoms with Crippen molar-refractivity contribution >= 4 is 17.7 Å². The van der Waals surface area contributed by atoms with Crippen LogP contribution >= 0.6 is 11.8 Å². The van der Waals surface area contributed by atoms with E-state index in [2.05, 4.69) is 20.8 Å². The molecule has 1 aliphatic heterocycles. The number of carbonyl (C=O) groups is 1. The molecule has 2 atom stereocenters. The highest BCUT2D eigenvalue weighted by Crippen LogP contribution is 2.21. The Balaban J connectivity index is 1.51. The van der Waals surface area contributed by atoms with Crippen molar-refractivity contribution in [2.45, 2.75) is 42.8 Å². The minimum absolute atomic E-state index is 0.0435. The molecule has 0 spiro atoms. The van der Waals surface area contributed by atoms with Gasteiger partial charge in [0.05, 0.1) is 17.6 Å². The summed E-state index contributed by atoms with van der Waals surface area (Å²) in [5.41, 5.74) is 0. The lowest BCUT2D eigenvalue weighted by atomic mass is 10.2. The summed E-state index contributed by atoms with van der Waals surface area (Å²) in [6.07, 6.45) is 3.81. The molecule has 124 valence electrons. The van der Waals surface area contributed by atoms with Gasteiger partial charge in [0.1, 0.15) is 12.3 Å². The third kappa shape index (κ3) is 4.32. The van der Waals surface area contributed by atoms with Crippen molar-refractivity contribution in [3.8, 4) is 0 Å². The van der Waals surface area contributed by atoms with Crippen LogP contribution < -0.4 is 5.32 Å². The third-order valence-corrected chi connectivity index (χ3v) is 4.63. The molecule has 3 rings (SSSR count). The van der Waals surface area contributed by atoms with Crippen molar-refractivity contribution in [1.82, 2.24) is 25.5 Å². The van der Waals surface area contributed by atoms with Crippen molar-refractivity contribution in [1.29, 1.82) is 0 Å². The first-order valence-corrected chi connectivity index (χ1v) is 8.45. The molecule has 1 fully saturated rings. The molecule has 0 unspecified atom stereocenters. The van der Waals surface area contributed by atoms with Gasteiger partial charge in [-0.1, -0.05) is 11.8 Å². The molecule has 2 aromatic heterocycles. The Hall–Kier alpha value is -1.87. The molecular formula is C14H19N5O3S. The first-order valence-electron chi connectivity index (χ1n) is 7.57. The van der Waals surface area contributed by atoms with Crippen LogP contribution in [0, 0.1) is 0 Å². The number of nitrogens with one attached hydrogen (secondary N) is 1. The molecule has 9 heteroatoms. The summed E-state index contributed by atoms with van der Waals surface area (Å²) < 4.78 is 12.4. The number of furan rings is 1. The zero-order chi connectivity index (χ0) is 16.1. The van der Waals surface area contributed by atoms with Crippen LogP contribution in [0.5, 0.6) is 0 Å². The molecule has 1 saturated heterocycles. The minimum Gasteiger partial charge on any atom is -0.467 e. The van der Waals surface area contributed by atoms with E-state index >= 15 is 0 Å². The molecule has 0 radical (unpaired) electrons. The van der Waals surface area contributed by atoms with Crippen molar-refractivity contribution in [2.24, 2.45) is 0 Å². The quantitative estimate of drug-likeness (QED) is 0.756. The van der Waals surface area contributed by atoms with E-state index in [4.69, 9.17) is 9.15 Å². The van der Waals surface area contributed by atoms with E-state index in [1.54, 1.807) is 10.9 Å². The van der Waals surface area contributed by atoms with Crippen LogP contribution in [0.1, 0.15) is 25.5 Å². The molecule has 0 bridgehead atoms. The number of hydrogen-bond acceptors (Lipinski definition) is 7. The highest BCUT2D eigenvalue weighted by Gasteiger charge is 2.21. The Bertz CT molecular complexity index is 624. The van der Waals surface area contributed by atoms with Crippen LogP contribution in [0.15, 0.2) is 28.0 Å². The van der Waals surface area contributed by atoms with E-state index in [0.29, 0.717) is 18.2 Å². The summed E-state index contributed by atoms with van der Waals surface area (Å²) in [5, 5.41) is 14.8. The number of hydrogen-bond donors (Lipinski definition) is 1. The lowest BCUT2D eigenvalue weighted by molar-refractivity contribution is -0.120. The van der Waals surface area contributed by atoms with Gasteiger partial charge in [-0.3, -0.25) is 4.79 Å². The van der Waals surface area contributed by atoms with Gasteiger partial charge < -0.3 is 14.5 Å². The van der Waals surface area contributed by atoms with E-state index in [9.17, 15) is 4.79 Å². The van der Waals surface area contributed by atoms with E-state index in [0.717, 1.165) is 25.2 Å². The van der Waals surface area contributed by atoms with Gasteiger partial charge in [0.15, 0.2) is 0 Å². The fourth-order valence-corrected chi connectivity index (χ4v) is 3.12. The maximum absolute atomic E-state index is 12.2. The van der Waals surface area contributed by atoms with Crippen LogP contribution in [0.2, 0.25) is 0 Å². The fraction of sp³-hybridized carbons (Fsp3) is 0.571. The van der Waals surface area contributed by atoms with E-state index in [-0.39, 0.29) is 17.3 Å². The number of aromatic nitrogens is 4. The zero-order valence-electron chi connectivity index (χ0n) is 12.8. The van der Waals surface area contributed by atoms with Gasteiger partial charge in [0.25, 0.3) is 0 Å². The number of amides is 1. The van der Waals surface area contributed by atoms with Crippen LogP contribution in [0.4, 0.5) is 0 Å². The van der Waals surface area contributed by atoms with Gasteiger partial charge in [0, 0.05) is 13.2 Å². The molecule has 1 N–H and O–H groups in total. The smallest absolute Gasteiger partial charge is 0.233 e. The lowest BCUT2D eigenvalue weighted by Crippen LogP contribution is -2.36. The predicted octanol–water partition coefficient (Wildman–Crippen LogP) is 1.09. The first kappa shape index (κ1) is 16.0. The van der Waals surface area contributed by atoms with E-state index < -0.39 is 0 Å². The fourth-order valence-electron chi connectivity index (χ4n) is 2.31. The Morgan fingerprint density at radius 1 is 1.61 bits per heavy atom. The van der Waals surface area contributed by atoms with Crippen molar-refractivity contribution in [3.63, 3.8) is 0 Å². The summed E-state index contributed by atoms with van der Waals surface area (Å²) in [7, 11) is 0. The lowest BCUT2D eigenvalue weighted by Gasteiger charge is -2.14. The number of tetrazole rings is 1. The summed E-state index contributed by atoms with van der Waals surface area (Å²) >= 11 is 1.32. The molecule has 2 aromatic rings. The van der Waals surface area contributed by atoms with E-state index in [1.807, 2.05) is 19.1 Å². The standard InChI is InChI=1S/C14H19N5O3S/c1-10(13(20)15-8-11-4-2-6-21-11)23-14-16-17-18-19(14)9-12-5-3-7-22-12/h3,5,7,10-11H,2,4,6,8-9H2,1H3,(H,15,20)/t10-,11+/m0/s1. The number of thioether (sulfide) groups is 1. The largest absolute Gasteiger partial charge is 0.467 e. The van der Waals surface area contributed by atoms with Crippen LogP contribution in [-0.4, -0.2) is 50.6 Å². The Morgan fingerprint density at radius 2 is 2.52 bits per heavy atom. The summed E-state index contributed by atoms with van der Waals surface area (Å²) in [6, 6.07) is 3.67. The highest BCUT2D eigenvalue weighted by atomic mass is 32.2. The Morgan fingerprint density at radius 3 is 3.26 bits per heavy atom. The Kier molecular flexibility index (Phi) is 5.29. The van der Waals surface area contributed by atoms with Gasteiger partial charge in [-0.25, -0.2) is 4.68 Å². The van der Waals surface area contributed by atoms with Crippen molar-refractivity contribution < 1.29 is 13.9 Å². The second-order valence-corrected chi connectivity index (χ2v) is 6.65. The highest BCUT2D eigenvalue weighted by molar-refractivity contribution is 8.00. The predicted molar refractivity (Wildman–Crippen MR) is 82.9 cm³/mol.